The average Bonchev–Trinajstić information content (AvgIpc) is 3.27. The highest BCUT2D eigenvalue weighted by Crippen LogP contribution is 2.26. The number of methoxy groups -OCH3 is 1. The molecule has 6 nitrogen and oxygen atoms in total. The fourth-order valence-corrected chi connectivity index (χ4v) is 5.48. The minimum Gasteiger partial charge on any atom is -0.496 e. The van der Waals surface area contributed by atoms with E-state index in [1.54, 1.807) is 17.8 Å². The molecule has 1 heterocycles. The molecule has 0 saturated carbocycles. The smallest absolute Gasteiger partial charge is 0.255 e. The highest BCUT2D eigenvalue weighted by Gasteiger charge is 2.28. The monoisotopic (exact) mass is 434 g/mol. The minimum atomic E-state index is -3.59. The van der Waals surface area contributed by atoms with Gasteiger partial charge >= 0.3 is 0 Å². The maximum absolute atomic E-state index is 12.8. The number of carbonyl (C=O) groups excluding carboxylic acids is 1. The zero-order valence-corrected chi connectivity index (χ0v) is 18.3. The van der Waals surface area contributed by atoms with E-state index in [1.807, 2.05) is 6.92 Å². The van der Waals surface area contributed by atoms with Crippen molar-refractivity contribution in [2.75, 3.05) is 32.5 Å². The van der Waals surface area contributed by atoms with Crippen LogP contribution in [0.4, 0.5) is 0 Å². The Morgan fingerprint density at radius 3 is 2.48 bits per heavy atom. The predicted octanol–water partition coefficient (Wildman–Crippen LogP) is 3.31. The van der Waals surface area contributed by atoms with Gasteiger partial charge < -0.3 is 10.1 Å². The molecule has 0 aliphatic carbocycles. The summed E-state index contributed by atoms with van der Waals surface area (Å²) in [5.41, 5.74) is 1.44. The summed E-state index contributed by atoms with van der Waals surface area (Å²) < 4.78 is 32.3. The van der Waals surface area contributed by atoms with Crippen molar-refractivity contribution in [3.8, 4) is 5.75 Å². The van der Waals surface area contributed by atoms with Crippen LogP contribution < -0.4 is 10.1 Å². The van der Waals surface area contributed by atoms with E-state index in [0.717, 1.165) is 17.7 Å². The highest BCUT2D eigenvalue weighted by molar-refractivity contribution is 7.99. The van der Waals surface area contributed by atoms with Crippen molar-refractivity contribution in [1.29, 1.82) is 0 Å². The first-order chi connectivity index (χ1) is 13.9. The van der Waals surface area contributed by atoms with Gasteiger partial charge in [-0.2, -0.15) is 4.31 Å². The standard InChI is InChI=1S/C21H26N2O4S2/c1-16-5-7-17(8-6-16)28-14-11-22-21(24)19-15-18(9-10-20(19)27-2)29(25,26)23-12-3-4-13-23/h5-10,15H,3-4,11-14H2,1-2H3,(H,22,24). The molecule has 156 valence electrons. The fourth-order valence-electron chi connectivity index (χ4n) is 3.17. The molecule has 0 aromatic heterocycles. The van der Waals surface area contributed by atoms with E-state index in [4.69, 9.17) is 4.74 Å². The minimum absolute atomic E-state index is 0.124. The second kappa shape index (κ2) is 9.65. The van der Waals surface area contributed by atoms with Crippen LogP contribution in [0.5, 0.6) is 5.75 Å². The molecule has 1 amide bonds. The lowest BCUT2D eigenvalue weighted by Crippen LogP contribution is -2.29. The van der Waals surface area contributed by atoms with Crippen LogP contribution in [0.15, 0.2) is 52.3 Å². The largest absolute Gasteiger partial charge is 0.496 e. The summed E-state index contributed by atoms with van der Waals surface area (Å²) in [4.78, 5) is 13.9. The van der Waals surface area contributed by atoms with Crippen LogP contribution in [0, 0.1) is 6.92 Å². The van der Waals surface area contributed by atoms with Crippen LogP contribution in [0.2, 0.25) is 0 Å². The van der Waals surface area contributed by atoms with Crippen molar-refractivity contribution in [1.82, 2.24) is 9.62 Å². The Balaban J connectivity index is 1.66. The summed E-state index contributed by atoms with van der Waals surface area (Å²) in [5, 5.41) is 2.86. The molecular formula is C21H26N2O4S2. The van der Waals surface area contributed by atoms with Gasteiger partial charge in [-0.25, -0.2) is 8.42 Å². The van der Waals surface area contributed by atoms with Crippen molar-refractivity contribution in [2.24, 2.45) is 0 Å². The zero-order chi connectivity index (χ0) is 20.9. The molecule has 2 aromatic rings. The third-order valence-electron chi connectivity index (χ3n) is 4.80. The first kappa shape index (κ1) is 21.7. The van der Waals surface area contributed by atoms with Crippen molar-refractivity contribution in [3.63, 3.8) is 0 Å². The van der Waals surface area contributed by atoms with E-state index < -0.39 is 10.0 Å². The maximum Gasteiger partial charge on any atom is 0.255 e. The molecule has 1 fully saturated rings. The Bertz CT molecular complexity index is 953. The van der Waals surface area contributed by atoms with Crippen molar-refractivity contribution < 1.29 is 17.9 Å². The summed E-state index contributed by atoms with van der Waals surface area (Å²) in [6, 6.07) is 12.7. The lowest BCUT2D eigenvalue weighted by Gasteiger charge is -2.17. The maximum atomic E-state index is 12.8. The average molecular weight is 435 g/mol. The summed E-state index contributed by atoms with van der Waals surface area (Å²) in [6.45, 7) is 3.54. The first-order valence-corrected chi connectivity index (χ1v) is 12.0. The van der Waals surface area contributed by atoms with Gasteiger partial charge in [0.15, 0.2) is 0 Å². The van der Waals surface area contributed by atoms with Gasteiger partial charge in [-0.3, -0.25) is 4.79 Å². The van der Waals surface area contributed by atoms with E-state index in [-0.39, 0.29) is 16.4 Å². The molecule has 0 unspecified atom stereocenters. The fraction of sp³-hybridized carbons (Fsp3) is 0.381. The molecule has 3 rings (SSSR count). The van der Waals surface area contributed by atoms with Crippen LogP contribution >= 0.6 is 11.8 Å². The molecule has 29 heavy (non-hydrogen) atoms. The van der Waals surface area contributed by atoms with Gasteiger partial charge in [-0.05, 0) is 50.1 Å². The number of rotatable bonds is 8. The Morgan fingerprint density at radius 1 is 1.14 bits per heavy atom. The molecule has 8 heteroatoms. The Labute approximate surface area is 176 Å². The van der Waals surface area contributed by atoms with Crippen molar-refractivity contribution in [2.45, 2.75) is 29.6 Å². The van der Waals surface area contributed by atoms with Crippen LogP contribution in [0.1, 0.15) is 28.8 Å². The Kier molecular flexibility index (Phi) is 7.21. The number of nitrogens with one attached hydrogen (secondary N) is 1. The van der Waals surface area contributed by atoms with E-state index in [0.29, 0.717) is 31.1 Å². The quantitative estimate of drug-likeness (QED) is 0.510. The van der Waals surface area contributed by atoms with Gasteiger partial charge in [0.05, 0.1) is 17.6 Å². The number of nitrogens with zero attached hydrogens (tertiary/aromatic N) is 1. The molecule has 1 saturated heterocycles. The first-order valence-electron chi connectivity index (χ1n) is 9.57. The van der Waals surface area contributed by atoms with Crippen molar-refractivity contribution in [3.05, 3.63) is 53.6 Å². The second-order valence-corrected chi connectivity index (χ2v) is 10.00. The number of hydrogen-bond acceptors (Lipinski definition) is 5. The van der Waals surface area contributed by atoms with Gasteiger partial charge in [0.2, 0.25) is 10.0 Å². The summed E-state index contributed by atoms with van der Waals surface area (Å²) >= 11 is 1.65. The van der Waals surface area contributed by atoms with Gasteiger partial charge in [-0.1, -0.05) is 17.7 Å². The summed E-state index contributed by atoms with van der Waals surface area (Å²) in [7, 11) is -2.12. The van der Waals surface area contributed by atoms with E-state index in [9.17, 15) is 13.2 Å². The number of thioether (sulfide) groups is 1. The molecule has 0 atom stereocenters. The topological polar surface area (TPSA) is 75.7 Å². The number of sulfonamides is 1. The van der Waals surface area contributed by atoms with Crippen molar-refractivity contribution >= 4 is 27.7 Å². The molecular weight excluding hydrogens is 408 g/mol. The Hall–Kier alpha value is -2.03. The summed E-state index contributed by atoms with van der Waals surface area (Å²) in [5.74, 6) is 0.724. The van der Waals surface area contributed by atoms with Crippen LogP contribution in [0.25, 0.3) is 0 Å². The lowest BCUT2D eigenvalue weighted by atomic mass is 10.2. The molecule has 2 aromatic carbocycles. The number of carbonyl (C=O) groups is 1. The molecule has 0 bridgehead atoms. The normalized spacial score (nSPS) is 14.7. The van der Waals surface area contributed by atoms with Crippen LogP contribution in [-0.4, -0.2) is 51.1 Å². The number of benzene rings is 2. The molecule has 1 N–H and O–H groups in total. The predicted molar refractivity (Wildman–Crippen MR) is 115 cm³/mol. The third-order valence-corrected chi connectivity index (χ3v) is 7.70. The van der Waals surface area contributed by atoms with Crippen LogP contribution in [0.3, 0.4) is 0 Å². The molecule has 0 spiro atoms. The van der Waals surface area contributed by atoms with Crippen LogP contribution in [-0.2, 0) is 10.0 Å². The molecule has 0 radical (unpaired) electrons. The van der Waals surface area contributed by atoms with E-state index >= 15 is 0 Å². The van der Waals surface area contributed by atoms with Gasteiger partial charge in [-0.15, -0.1) is 11.8 Å². The number of aryl methyl sites for hydroxylation is 1. The van der Waals surface area contributed by atoms with Gasteiger partial charge in [0.1, 0.15) is 5.75 Å². The molecule has 1 aliphatic heterocycles. The number of amides is 1. The molecule has 1 aliphatic rings. The summed E-state index contributed by atoms with van der Waals surface area (Å²) in [6.07, 6.45) is 1.72. The SMILES string of the molecule is COc1ccc(S(=O)(=O)N2CCCC2)cc1C(=O)NCCSc1ccc(C)cc1. The second-order valence-electron chi connectivity index (χ2n) is 6.89. The highest BCUT2D eigenvalue weighted by atomic mass is 32.2. The number of hydrogen-bond donors (Lipinski definition) is 1. The number of ether oxygens (including phenoxy) is 1. The zero-order valence-electron chi connectivity index (χ0n) is 16.7. The third kappa shape index (κ3) is 5.32. The lowest BCUT2D eigenvalue weighted by molar-refractivity contribution is 0.0953. The van der Waals surface area contributed by atoms with E-state index in [2.05, 4.69) is 29.6 Å². The van der Waals surface area contributed by atoms with Gasteiger partial charge in [0.25, 0.3) is 5.91 Å². The van der Waals surface area contributed by atoms with E-state index in [1.165, 1.54) is 29.1 Å². The van der Waals surface area contributed by atoms with Gasteiger partial charge in [0, 0.05) is 30.3 Å². The Morgan fingerprint density at radius 2 is 1.83 bits per heavy atom.